The van der Waals surface area contributed by atoms with Gasteiger partial charge in [0.25, 0.3) is 0 Å². The number of anilines is 1. The number of nitrogen functional groups attached to an aromatic ring is 1. The number of hydrogen-bond donors (Lipinski definition) is 5. The molecule has 0 saturated carbocycles. The van der Waals surface area contributed by atoms with Gasteiger partial charge in [0.05, 0.1) is 33.3 Å². The van der Waals surface area contributed by atoms with Crippen LogP contribution in [0, 0.1) is 0 Å². The number of methoxy groups -OCH3 is 1. The van der Waals surface area contributed by atoms with Gasteiger partial charge in [-0.2, -0.15) is 9.97 Å². The fraction of sp³-hybridized carbons (Fsp3) is 0.441. The van der Waals surface area contributed by atoms with Crippen LogP contribution >= 0.6 is 7.67 Å². The van der Waals surface area contributed by atoms with E-state index in [4.69, 9.17) is 29.2 Å². The Labute approximate surface area is 300 Å². The number of ether oxygens (including phenoxy) is 4. The van der Waals surface area contributed by atoms with Crippen molar-refractivity contribution in [3.05, 3.63) is 78.1 Å². The lowest BCUT2D eigenvalue weighted by Crippen LogP contribution is -2.47. The van der Waals surface area contributed by atoms with Crippen LogP contribution in [0.25, 0.3) is 11.2 Å². The number of nitrogens with zero attached hydrogens (tertiary/aromatic N) is 4. The Bertz CT molecular complexity index is 1790. The van der Waals surface area contributed by atoms with E-state index in [1.54, 1.807) is 62.4 Å². The summed E-state index contributed by atoms with van der Waals surface area (Å²) in [5.74, 6) is -1.45. The molecule has 4 aromatic rings. The molecule has 6 atom stereocenters. The molecule has 0 spiro atoms. The summed E-state index contributed by atoms with van der Waals surface area (Å²) in [5.41, 5.74) is 5.77. The summed E-state index contributed by atoms with van der Waals surface area (Å²) in [6.45, 7) is 4.15. The van der Waals surface area contributed by atoms with Crippen molar-refractivity contribution in [3.63, 3.8) is 0 Å². The normalized spacial score (nSPS) is 22.4. The molecule has 280 valence electrons. The molecule has 1 saturated heterocycles. The summed E-state index contributed by atoms with van der Waals surface area (Å²) < 4.78 is 44.3. The molecule has 18 heteroatoms. The summed E-state index contributed by atoms with van der Waals surface area (Å²) in [6.07, 6.45) is -2.74. The molecule has 0 aliphatic carbocycles. The molecule has 52 heavy (non-hydrogen) atoms. The third kappa shape index (κ3) is 8.93. The molecule has 2 aromatic heterocycles. The number of aliphatic hydroxyl groups excluding tert-OH is 1. The first kappa shape index (κ1) is 38.7. The topological polar surface area (TPSA) is 232 Å². The van der Waals surface area contributed by atoms with E-state index in [1.165, 1.54) is 24.9 Å². The number of nitrogens with two attached hydrogens (primary N) is 1. The van der Waals surface area contributed by atoms with Crippen LogP contribution < -0.4 is 20.6 Å². The van der Waals surface area contributed by atoms with E-state index in [2.05, 4.69) is 25.1 Å². The highest BCUT2D eigenvalue weighted by molar-refractivity contribution is 7.54. The number of nitrogens with one attached hydrogen (secondary N) is 2. The van der Waals surface area contributed by atoms with E-state index in [0.29, 0.717) is 0 Å². The van der Waals surface area contributed by atoms with Gasteiger partial charge in [-0.05, 0) is 44.7 Å². The molecule has 0 radical (unpaired) electrons. The lowest BCUT2D eigenvalue weighted by atomic mass is 9.96. The second kappa shape index (κ2) is 16.9. The Morgan fingerprint density at radius 1 is 0.981 bits per heavy atom. The van der Waals surface area contributed by atoms with Crippen LogP contribution in [0.3, 0.4) is 0 Å². The molecule has 1 fully saturated rings. The van der Waals surface area contributed by atoms with E-state index in [-0.39, 0.29) is 49.0 Å². The van der Waals surface area contributed by atoms with Crippen LogP contribution in [0.2, 0.25) is 0 Å². The van der Waals surface area contributed by atoms with Crippen LogP contribution in [-0.4, -0.2) is 98.5 Å². The van der Waals surface area contributed by atoms with Crippen LogP contribution in [-0.2, 0) is 45.7 Å². The SMILES string of the molecule is CCOC(=O)C(Cc1ccccc1)NP(=O)(NC(Cc1ccccc1)C(=O)OCC)OC[C@H]1O[C@@H](n2cnc3c(OC)nc(N)nc32)[C@](C)(O)[C@@H]1O. The maximum absolute atomic E-state index is 14.9. The van der Waals surface area contributed by atoms with Crippen LogP contribution in [0.5, 0.6) is 5.88 Å². The monoisotopic (exact) mass is 741 g/mol. The minimum atomic E-state index is -4.46. The summed E-state index contributed by atoms with van der Waals surface area (Å²) in [6, 6.07) is 15.6. The van der Waals surface area contributed by atoms with Gasteiger partial charge in [0, 0.05) is 0 Å². The smallest absolute Gasteiger partial charge is 0.342 e. The van der Waals surface area contributed by atoms with Gasteiger partial charge in [-0.3, -0.25) is 18.7 Å². The van der Waals surface area contributed by atoms with Gasteiger partial charge in [-0.25, -0.2) is 15.2 Å². The minimum Gasteiger partial charge on any atom is -0.479 e. The molecule has 5 rings (SSSR count). The van der Waals surface area contributed by atoms with Gasteiger partial charge < -0.3 is 39.4 Å². The lowest BCUT2D eigenvalue weighted by Gasteiger charge is -2.30. The van der Waals surface area contributed by atoms with Gasteiger partial charge in [0.1, 0.15) is 29.9 Å². The lowest BCUT2D eigenvalue weighted by molar-refractivity contribution is -0.145. The van der Waals surface area contributed by atoms with Crippen LogP contribution in [0.1, 0.15) is 38.1 Å². The second-order valence-electron chi connectivity index (χ2n) is 12.2. The number of fused-ring (bicyclic) bond motifs is 1. The van der Waals surface area contributed by atoms with Gasteiger partial charge in [-0.1, -0.05) is 60.7 Å². The molecular formula is C34H44N7O10P. The first-order valence-electron chi connectivity index (χ1n) is 16.7. The number of aromatic nitrogens is 4. The molecular weight excluding hydrogens is 697 g/mol. The average molecular weight is 742 g/mol. The standard InChI is InChI=1S/C34H44N7O10P/c1-5-48-30(43)23(17-21-13-9-7-10-14-21)39-52(46,40-24(31(44)49-6-2)18-22-15-11-8-12-16-22)50-19-25-27(42)34(3,45)32(51-25)41-20-36-26-28(41)37-33(35)38-29(26)47-4/h7-16,20,23-25,27,32,42,45H,5-6,17-19H2,1-4H3,(H2,35,37,38)(H2,39,40,46)/t23?,24?,25-,27-,32-,34-,52?/m1/s1. The molecule has 2 unspecified atom stereocenters. The van der Waals surface area contributed by atoms with Gasteiger partial charge in [0.15, 0.2) is 17.4 Å². The number of rotatable bonds is 17. The highest BCUT2D eigenvalue weighted by atomic mass is 31.2. The Morgan fingerprint density at radius 3 is 2.02 bits per heavy atom. The van der Waals surface area contributed by atoms with Crippen molar-refractivity contribution in [3.8, 4) is 5.88 Å². The Balaban J connectivity index is 1.46. The zero-order valence-electron chi connectivity index (χ0n) is 29.2. The van der Waals surface area contributed by atoms with E-state index in [1.807, 2.05) is 12.1 Å². The average Bonchev–Trinajstić information content (AvgIpc) is 3.64. The van der Waals surface area contributed by atoms with Crippen LogP contribution in [0.4, 0.5) is 5.95 Å². The second-order valence-corrected chi connectivity index (χ2v) is 14.1. The Morgan fingerprint density at radius 2 is 1.52 bits per heavy atom. The van der Waals surface area contributed by atoms with Gasteiger partial charge >= 0.3 is 19.6 Å². The van der Waals surface area contributed by atoms with Crippen molar-refractivity contribution in [2.45, 2.75) is 69.7 Å². The summed E-state index contributed by atoms with van der Waals surface area (Å²) in [4.78, 5) is 39.1. The van der Waals surface area contributed by atoms with Gasteiger partial charge in [-0.15, -0.1) is 0 Å². The Kier molecular flexibility index (Phi) is 12.6. The maximum Gasteiger partial charge on any atom is 0.342 e. The number of imidazole rings is 1. The molecule has 1 aliphatic heterocycles. The summed E-state index contributed by atoms with van der Waals surface area (Å²) >= 11 is 0. The number of aliphatic hydroxyl groups is 2. The number of carbonyl (C=O) groups excluding carboxylic acids is 2. The molecule has 2 aromatic carbocycles. The van der Waals surface area contributed by atoms with Gasteiger partial charge in [0.2, 0.25) is 11.8 Å². The van der Waals surface area contributed by atoms with Crippen molar-refractivity contribution < 1.29 is 47.8 Å². The van der Waals surface area contributed by atoms with E-state index >= 15 is 0 Å². The van der Waals surface area contributed by atoms with Crippen molar-refractivity contribution >= 4 is 36.7 Å². The predicted octanol–water partition coefficient (Wildman–Crippen LogP) is 2.08. The fourth-order valence-electron chi connectivity index (χ4n) is 5.85. The zero-order valence-corrected chi connectivity index (χ0v) is 30.1. The third-order valence-corrected chi connectivity index (χ3v) is 10.2. The number of benzene rings is 2. The van der Waals surface area contributed by atoms with Crippen molar-refractivity contribution in [1.29, 1.82) is 0 Å². The highest BCUT2D eigenvalue weighted by Gasteiger charge is 2.54. The number of esters is 2. The molecule has 0 bridgehead atoms. The molecule has 1 aliphatic rings. The molecule has 17 nitrogen and oxygen atoms in total. The molecule has 0 amide bonds. The minimum absolute atomic E-state index is 0.0494. The van der Waals surface area contributed by atoms with Crippen LogP contribution in [0.15, 0.2) is 67.0 Å². The largest absolute Gasteiger partial charge is 0.479 e. The zero-order chi connectivity index (χ0) is 37.5. The van der Waals surface area contributed by atoms with Crippen molar-refractivity contribution in [2.24, 2.45) is 0 Å². The van der Waals surface area contributed by atoms with E-state index < -0.39 is 62.3 Å². The van der Waals surface area contributed by atoms with Crippen molar-refractivity contribution in [2.75, 3.05) is 32.7 Å². The predicted molar refractivity (Wildman–Crippen MR) is 188 cm³/mol. The summed E-state index contributed by atoms with van der Waals surface area (Å²) in [7, 11) is -3.08. The maximum atomic E-state index is 14.9. The quantitative estimate of drug-likeness (QED) is 0.0770. The van der Waals surface area contributed by atoms with E-state index in [9.17, 15) is 24.4 Å². The highest BCUT2D eigenvalue weighted by Crippen LogP contribution is 2.44. The number of carbonyl (C=O) groups is 2. The molecule has 6 N–H and O–H groups in total. The summed E-state index contributed by atoms with van der Waals surface area (Å²) in [5, 5.41) is 28.5. The van der Waals surface area contributed by atoms with E-state index in [0.717, 1.165) is 11.1 Å². The van der Waals surface area contributed by atoms with Crippen molar-refractivity contribution in [1.82, 2.24) is 29.7 Å². The Hall–Kier alpha value is -4.48. The fourth-order valence-corrected chi connectivity index (χ4v) is 7.64. The molecule has 3 heterocycles. The first-order valence-corrected chi connectivity index (χ1v) is 18.3. The third-order valence-electron chi connectivity index (χ3n) is 8.39. The number of hydrogen-bond acceptors (Lipinski definition) is 14. The first-order chi connectivity index (χ1) is 24.9.